The van der Waals surface area contributed by atoms with Gasteiger partial charge in [0.1, 0.15) is 5.65 Å². The molecule has 4 heterocycles. The summed E-state index contributed by atoms with van der Waals surface area (Å²) < 4.78 is 0. The molecule has 0 radical (unpaired) electrons. The number of amides is 1. The number of likely N-dealkylation sites (tertiary alicyclic amines) is 1. The molecule has 1 amide bonds. The number of rotatable bonds is 4. The summed E-state index contributed by atoms with van der Waals surface area (Å²) in [5.41, 5.74) is 4.33. The smallest absolute Gasteiger partial charge is 0.228 e. The molecule has 1 aliphatic heterocycles. The monoisotopic (exact) mass is 427 g/mol. The molecule has 0 unspecified atom stereocenters. The number of hydrogen-bond donors (Lipinski definition) is 2. The van der Waals surface area contributed by atoms with E-state index in [4.69, 9.17) is 0 Å². The van der Waals surface area contributed by atoms with Crippen LogP contribution in [0, 0.1) is 5.41 Å². The van der Waals surface area contributed by atoms with Gasteiger partial charge < -0.3 is 15.2 Å². The molecule has 4 aromatic rings. The molecule has 0 spiro atoms. The first-order valence-electron chi connectivity index (χ1n) is 11.2. The number of aromatic nitrogens is 5. The molecule has 0 atom stereocenters. The lowest BCUT2D eigenvalue weighted by Gasteiger charge is -2.45. The molecule has 0 bridgehead atoms. The fraction of sp³-hybridized carbons (Fsp3) is 0.375. The van der Waals surface area contributed by atoms with E-state index in [0.717, 1.165) is 72.0 Å². The Morgan fingerprint density at radius 2 is 1.91 bits per heavy atom. The zero-order valence-corrected chi connectivity index (χ0v) is 18.0. The number of anilines is 1. The van der Waals surface area contributed by atoms with Gasteiger partial charge in [0, 0.05) is 54.9 Å². The number of nitrogens with zero attached hydrogens (tertiary/aromatic N) is 5. The van der Waals surface area contributed by atoms with Crippen molar-refractivity contribution in [3.63, 3.8) is 0 Å². The maximum Gasteiger partial charge on any atom is 0.228 e. The van der Waals surface area contributed by atoms with Crippen LogP contribution in [0.2, 0.25) is 0 Å². The largest absolute Gasteiger partial charge is 0.351 e. The van der Waals surface area contributed by atoms with Gasteiger partial charge in [0.25, 0.3) is 0 Å². The molecule has 2 aliphatic rings. The lowest BCUT2D eigenvalue weighted by molar-refractivity contribution is -0.145. The van der Waals surface area contributed by atoms with Crippen molar-refractivity contribution in [2.24, 2.45) is 5.41 Å². The molecule has 162 valence electrons. The van der Waals surface area contributed by atoms with Gasteiger partial charge in [-0.2, -0.15) is 4.98 Å². The summed E-state index contributed by atoms with van der Waals surface area (Å²) in [7, 11) is 0. The third-order valence-electron chi connectivity index (χ3n) is 6.85. The molecule has 3 aromatic heterocycles. The number of carbonyl (C=O) groups is 1. The molecule has 1 aliphatic carbocycles. The van der Waals surface area contributed by atoms with E-state index in [0.29, 0.717) is 11.9 Å². The standard InChI is InChI=1S/C24H25N7O/c1-24(22(32)31-8-2-3-9-31)11-16(12-24)29-23-28-14-18-17(13-27-21(18)30-23)15-4-5-19-20(10-15)26-7-6-25-19/h4-7,10,13-14,16H,2-3,8-9,11-12H2,1H3,(H2,27,28,29,30)/t16-,24+. The Kier molecular flexibility index (Phi) is 4.34. The Morgan fingerprint density at radius 1 is 1.12 bits per heavy atom. The highest BCUT2D eigenvalue weighted by Gasteiger charge is 2.48. The van der Waals surface area contributed by atoms with Crippen molar-refractivity contribution < 1.29 is 4.79 Å². The Hall–Kier alpha value is -3.55. The van der Waals surface area contributed by atoms with Crippen molar-refractivity contribution in [1.29, 1.82) is 0 Å². The maximum absolute atomic E-state index is 12.8. The van der Waals surface area contributed by atoms with E-state index in [1.807, 2.05) is 35.5 Å². The highest BCUT2D eigenvalue weighted by atomic mass is 16.2. The minimum absolute atomic E-state index is 0.220. The van der Waals surface area contributed by atoms with Crippen LogP contribution in [-0.4, -0.2) is 54.9 Å². The van der Waals surface area contributed by atoms with E-state index in [1.165, 1.54) is 0 Å². The number of carbonyl (C=O) groups excluding carboxylic acids is 1. The van der Waals surface area contributed by atoms with Crippen molar-refractivity contribution >= 4 is 33.9 Å². The molecule has 1 saturated heterocycles. The first-order valence-corrected chi connectivity index (χ1v) is 11.2. The quantitative estimate of drug-likeness (QED) is 0.514. The van der Waals surface area contributed by atoms with Gasteiger partial charge in [0.2, 0.25) is 11.9 Å². The number of hydrogen-bond acceptors (Lipinski definition) is 6. The van der Waals surface area contributed by atoms with E-state index in [1.54, 1.807) is 12.4 Å². The Morgan fingerprint density at radius 3 is 2.72 bits per heavy atom. The Bertz CT molecular complexity index is 1320. The van der Waals surface area contributed by atoms with Crippen LogP contribution in [0.25, 0.3) is 33.2 Å². The van der Waals surface area contributed by atoms with Gasteiger partial charge in [-0.25, -0.2) is 4.98 Å². The highest BCUT2D eigenvalue weighted by molar-refractivity contribution is 5.95. The zero-order valence-electron chi connectivity index (χ0n) is 18.0. The summed E-state index contributed by atoms with van der Waals surface area (Å²) in [5.74, 6) is 0.898. The van der Waals surface area contributed by atoms with Gasteiger partial charge in [0.15, 0.2) is 0 Å². The number of aromatic amines is 1. The molecule has 1 aromatic carbocycles. The normalized spacial score (nSPS) is 22.9. The third-order valence-corrected chi connectivity index (χ3v) is 6.85. The first-order chi connectivity index (χ1) is 15.6. The topological polar surface area (TPSA) is 99.7 Å². The van der Waals surface area contributed by atoms with Crippen LogP contribution < -0.4 is 5.32 Å². The van der Waals surface area contributed by atoms with E-state index in [2.05, 4.69) is 37.2 Å². The fourth-order valence-electron chi connectivity index (χ4n) is 5.14. The van der Waals surface area contributed by atoms with Crippen LogP contribution in [0.4, 0.5) is 5.95 Å². The van der Waals surface area contributed by atoms with Gasteiger partial charge in [-0.05, 0) is 43.4 Å². The van der Waals surface area contributed by atoms with Crippen LogP contribution in [0.3, 0.4) is 0 Å². The van der Waals surface area contributed by atoms with Crippen LogP contribution >= 0.6 is 0 Å². The molecule has 1 saturated carbocycles. The summed E-state index contributed by atoms with van der Waals surface area (Å²) in [6.45, 7) is 3.90. The van der Waals surface area contributed by atoms with Gasteiger partial charge in [-0.15, -0.1) is 0 Å². The fourth-order valence-corrected chi connectivity index (χ4v) is 5.14. The molecular weight excluding hydrogens is 402 g/mol. The SMILES string of the molecule is C[C@]1(C(=O)N2CCCC2)C[C@@H](Nc2ncc3c(-c4ccc5nccnc5c4)c[nH]c3n2)C1. The van der Waals surface area contributed by atoms with Crippen molar-refractivity contribution in [3.05, 3.63) is 43.0 Å². The van der Waals surface area contributed by atoms with Gasteiger partial charge in [-0.3, -0.25) is 14.8 Å². The Labute approximate surface area is 185 Å². The zero-order chi connectivity index (χ0) is 21.7. The molecule has 2 N–H and O–H groups in total. The number of fused-ring (bicyclic) bond motifs is 2. The average molecular weight is 428 g/mol. The lowest BCUT2D eigenvalue weighted by Crippen LogP contribution is -2.53. The molecule has 8 nitrogen and oxygen atoms in total. The van der Waals surface area contributed by atoms with Crippen LogP contribution in [-0.2, 0) is 4.79 Å². The second-order valence-corrected chi connectivity index (χ2v) is 9.23. The molecule has 6 rings (SSSR count). The minimum atomic E-state index is -0.259. The van der Waals surface area contributed by atoms with E-state index < -0.39 is 0 Å². The highest BCUT2D eigenvalue weighted by Crippen LogP contribution is 2.44. The second kappa shape index (κ2) is 7.25. The summed E-state index contributed by atoms with van der Waals surface area (Å²) in [6, 6.07) is 6.27. The predicted molar refractivity (Wildman–Crippen MR) is 123 cm³/mol. The number of nitrogens with one attached hydrogen (secondary N) is 2. The summed E-state index contributed by atoms with van der Waals surface area (Å²) in [4.78, 5) is 36.1. The predicted octanol–water partition coefficient (Wildman–Crippen LogP) is 3.77. The van der Waals surface area contributed by atoms with Gasteiger partial charge in [-0.1, -0.05) is 13.0 Å². The summed E-state index contributed by atoms with van der Waals surface area (Å²) >= 11 is 0. The summed E-state index contributed by atoms with van der Waals surface area (Å²) in [5, 5.41) is 4.37. The molecule has 2 fully saturated rings. The van der Waals surface area contributed by atoms with E-state index >= 15 is 0 Å². The van der Waals surface area contributed by atoms with Crippen molar-refractivity contribution in [1.82, 2.24) is 29.8 Å². The van der Waals surface area contributed by atoms with E-state index in [-0.39, 0.29) is 11.5 Å². The number of benzene rings is 1. The second-order valence-electron chi connectivity index (χ2n) is 9.23. The molecular formula is C24H25N7O. The average Bonchev–Trinajstić information content (AvgIpc) is 3.47. The van der Waals surface area contributed by atoms with Gasteiger partial charge >= 0.3 is 0 Å². The van der Waals surface area contributed by atoms with Crippen molar-refractivity contribution in [2.45, 2.75) is 38.6 Å². The first kappa shape index (κ1) is 19.2. The summed E-state index contributed by atoms with van der Waals surface area (Å²) in [6.07, 6.45) is 11.1. The van der Waals surface area contributed by atoms with Crippen LogP contribution in [0.5, 0.6) is 0 Å². The van der Waals surface area contributed by atoms with Crippen LogP contribution in [0.1, 0.15) is 32.6 Å². The number of H-pyrrole nitrogens is 1. The Balaban J connectivity index is 1.18. The molecule has 32 heavy (non-hydrogen) atoms. The maximum atomic E-state index is 12.8. The van der Waals surface area contributed by atoms with Gasteiger partial charge in [0.05, 0.1) is 16.4 Å². The van der Waals surface area contributed by atoms with Crippen molar-refractivity contribution in [3.8, 4) is 11.1 Å². The lowest BCUT2D eigenvalue weighted by atomic mass is 9.66. The van der Waals surface area contributed by atoms with Crippen molar-refractivity contribution in [2.75, 3.05) is 18.4 Å². The minimum Gasteiger partial charge on any atom is -0.351 e. The van der Waals surface area contributed by atoms with Crippen LogP contribution in [0.15, 0.2) is 43.0 Å². The molecule has 8 heteroatoms. The van der Waals surface area contributed by atoms with E-state index in [9.17, 15) is 4.79 Å². The third kappa shape index (κ3) is 3.18.